The van der Waals surface area contributed by atoms with Crippen LogP contribution in [0.3, 0.4) is 0 Å². The van der Waals surface area contributed by atoms with Gasteiger partial charge in [0.25, 0.3) is 0 Å². The topological polar surface area (TPSA) is 52.9 Å². The molecule has 0 aromatic heterocycles. The summed E-state index contributed by atoms with van der Waals surface area (Å²) in [5.41, 5.74) is 2.59. The van der Waals surface area contributed by atoms with Gasteiger partial charge < -0.3 is 5.32 Å². The molecule has 4 heteroatoms. The van der Waals surface area contributed by atoms with Crippen LogP contribution < -0.4 is 5.32 Å². The Labute approximate surface area is 105 Å². The first-order valence-corrected chi connectivity index (χ1v) is 7.33. The standard InChI is InChI=1S/C13H18N2OS/c1-10-4-5-13(12(8-10)9-14)15-11(2)6-7-17(3)16/h4-5,8,11,15H,6-7H2,1-3H3. The van der Waals surface area contributed by atoms with E-state index < -0.39 is 10.8 Å². The first-order chi connectivity index (χ1) is 8.02. The van der Waals surface area contributed by atoms with Gasteiger partial charge in [-0.3, -0.25) is 4.21 Å². The summed E-state index contributed by atoms with van der Waals surface area (Å²) in [5.74, 6) is 0.682. The molecule has 0 aliphatic carbocycles. The molecule has 0 saturated heterocycles. The minimum Gasteiger partial charge on any atom is -0.381 e. The summed E-state index contributed by atoms with van der Waals surface area (Å²) < 4.78 is 11.0. The van der Waals surface area contributed by atoms with Crippen LogP contribution in [0.15, 0.2) is 18.2 Å². The molecule has 0 bridgehead atoms. The second kappa shape index (κ2) is 6.41. The van der Waals surface area contributed by atoms with Crippen LogP contribution in [0.25, 0.3) is 0 Å². The Kier molecular flexibility index (Phi) is 5.17. The van der Waals surface area contributed by atoms with E-state index in [4.69, 9.17) is 5.26 Å². The van der Waals surface area contributed by atoms with Gasteiger partial charge >= 0.3 is 0 Å². The predicted octanol–water partition coefficient (Wildman–Crippen LogP) is 2.44. The quantitative estimate of drug-likeness (QED) is 0.873. The molecule has 0 saturated carbocycles. The molecule has 2 atom stereocenters. The van der Waals surface area contributed by atoms with E-state index in [2.05, 4.69) is 11.4 Å². The van der Waals surface area contributed by atoms with Gasteiger partial charge in [0.15, 0.2) is 0 Å². The number of nitrogens with one attached hydrogen (secondary N) is 1. The van der Waals surface area contributed by atoms with Gasteiger partial charge in [0.2, 0.25) is 0 Å². The van der Waals surface area contributed by atoms with Gasteiger partial charge in [-0.1, -0.05) is 6.07 Å². The monoisotopic (exact) mass is 250 g/mol. The fraction of sp³-hybridized carbons (Fsp3) is 0.462. The maximum Gasteiger partial charge on any atom is 0.101 e. The molecular formula is C13H18N2OS. The molecule has 0 spiro atoms. The third-order valence-corrected chi connectivity index (χ3v) is 3.35. The predicted molar refractivity (Wildman–Crippen MR) is 72.5 cm³/mol. The maximum absolute atomic E-state index is 11.0. The third-order valence-electron chi connectivity index (χ3n) is 2.54. The Bertz CT molecular complexity index is 451. The fourth-order valence-electron chi connectivity index (χ4n) is 1.56. The minimum atomic E-state index is -0.760. The van der Waals surface area contributed by atoms with Crippen LogP contribution >= 0.6 is 0 Å². The van der Waals surface area contributed by atoms with Gasteiger partial charge in [-0.2, -0.15) is 5.26 Å². The number of benzene rings is 1. The number of hydrogen-bond donors (Lipinski definition) is 1. The maximum atomic E-state index is 11.0. The molecule has 1 aromatic rings. The molecule has 0 aliphatic heterocycles. The Morgan fingerprint density at radius 1 is 1.53 bits per heavy atom. The molecule has 92 valence electrons. The largest absolute Gasteiger partial charge is 0.381 e. The van der Waals surface area contributed by atoms with E-state index in [-0.39, 0.29) is 6.04 Å². The van der Waals surface area contributed by atoms with Crippen molar-refractivity contribution in [3.8, 4) is 6.07 Å². The van der Waals surface area contributed by atoms with Crippen molar-refractivity contribution in [1.82, 2.24) is 0 Å². The summed E-state index contributed by atoms with van der Waals surface area (Å²) >= 11 is 0. The van der Waals surface area contributed by atoms with Gasteiger partial charge in [0, 0.05) is 28.9 Å². The second-order valence-electron chi connectivity index (χ2n) is 4.27. The molecular weight excluding hydrogens is 232 g/mol. The van der Waals surface area contributed by atoms with Crippen LogP contribution in [0, 0.1) is 18.3 Å². The number of aryl methyl sites for hydroxylation is 1. The van der Waals surface area contributed by atoms with Crippen molar-refractivity contribution in [2.45, 2.75) is 26.3 Å². The van der Waals surface area contributed by atoms with Crippen LogP contribution in [0.4, 0.5) is 5.69 Å². The average Bonchev–Trinajstić information content (AvgIpc) is 2.28. The molecule has 0 fully saturated rings. The highest BCUT2D eigenvalue weighted by atomic mass is 32.2. The summed E-state index contributed by atoms with van der Waals surface area (Å²) in [5, 5.41) is 12.3. The zero-order valence-electron chi connectivity index (χ0n) is 10.5. The smallest absolute Gasteiger partial charge is 0.101 e. The number of rotatable bonds is 5. The Hall–Kier alpha value is -1.34. The zero-order chi connectivity index (χ0) is 12.8. The first-order valence-electron chi connectivity index (χ1n) is 5.60. The number of anilines is 1. The lowest BCUT2D eigenvalue weighted by Gasteiger charge is -2.15. The SMILES string of the molecule is Cc1ccc(NC(C)CCS(C)=O)c(C#N)c1. The van der Waals surface area contributed by atoms with E-state index in [9.17, 15) is 4.21 Å². The lowest BCUT2D eigenvalue weighted by atomic mass is 10.1. The Morgan fingerprint density at radius 3 is 2.82 bits per heavy atom. The summed E-state index contributed by atoms with van der Waals surface area (Å²) in [4.78, 5) is 0. The van der Waals surface area contributed by atoms with Gasteiger partial charge in [-0.15, -0.1) is 0 Å². The number of nitriles is 1. The summed E-state index contributed by atoms with van der Waals surface area (Å²) in [6, 6.07) is 8.17. The molecule has 17 heavy (non-hydrogen) atoms. The minimum absolute atomic E-state index is 0.216. The molecule has 0 amide bonds. The van der Waals surface area contributed by atoms with Crippen LogP contribution in [-0.2, 0) is 10.8 Å². The number of hydrogen-bond acceptors (Lipinski definition) is 3. The van der Waals surface area contributed by atoms with Crippen molar-refractivity contribution in [3.05, 3.63) is 29.3 Å². The summed E-state index contributed by atoms with van der Waals surface area (Å²) in [6.45, 7) is 4.00. The zero-order valence-corrected chi connectivity index (χ0v) is 11.3. The van der Waals surface area contributed by atoms with Crippen LogP contribution in [0.2, 0.25) is 0 Å². The summed E-state index contributed by atoms with van der Waals surface area (Å²) in [6.07, 6.45) is 2.54. The second-order valence-corrected chi connectivity index (χ2v) is 5.83. The van der Waals surface area contributed by atoms with E-state index in [0.29, 0.717) is 11.3 Å². The lowest BCUT2D eigenvalue weighted by Crippen LogP contribution is -2.18. The summed E-state index contributed by atoms with van der Waals surface area (Å²) in [7, 11) is -0.760. The van der Waals surface area contributed by atoms with Crippen molar-refractivity contribution in [3.63, 3.8) is 0 Å². The van der Waals surface area contributed by atoms with Crippen molar-refractivity contribution in [2.24, 2.45) is 0 Å². The normalized spacial score (nSPS) is 13.8. The van der Waals surface area contributed by atoms with E-state index >= 15 is 0 Å². The van der Waals surface area contributed by atoms with Gasteiger partial charge in [0.05, 0.1) is 11.3 Å². The van der Waals surface area contributed by atoms with Crippen LogP contribution in [0.1, 0.15) is 24.5 Å². The van der Waals surface area contributed by atoms with Gasteiger partial charge in [-0.25, -0.2) is 0 Å². The van der Waals surface area contributed by atoms with Crippen LogP contribution in [0.5, 0.6) is 0 Å². The Balaban J connectivity index is 2.68. The highest BCUT2D eigenvalue weighted by Crippen LogP contribution is 2.17. The van der Waals surface area contributed by atoms with Crippen molar-refractivity contribution in [1.29, 1.82) is 5.26 Å². The van der Waals surface area contributed by atoms with Crippen LogP contribution in [-0.4, -0.2) is 22.3 Å². The Morgan fingerprint density at radius 2 is 2.24 bits per heavy atom. The molecule has 2 unspecified atom stereocenters. The molecule has 1 rings (SSSR count). The van der Waals surface area contributed by atoms with E-state index in [1.165, 1.54) is 0 Å². The molecule has 0 heterocycles. The van der Waals surface area contributed by atoms with E-state index in [1.54, 1.807) is 6.26 Å². The van der Waals surface area contributed by atoms with Gasteiger partial charge in [-0.05, 0) is 38.0 Å². The lowest BCUT2D eigenvalue weighted by molar-refractivity contribution is 0.678. The van der Waals surface area contributed by atoms with Gasteiger partial charge in [0.1, 0.15) is 6.07 Å². The molecule has 0 radical (unpaired) electrons. The molecule has 1 aromatic carbocycles. The van der Waals surface area contributed by atoms with E-state index in [1.807, 2.05) is 32.0 Å². The highest BCUT2D eigenvalue weighted by Gasteiger charge is 2.07. The first kappa shape index (κ1) is 13.7. The highest BCUT2D eigenvalue weighted by molar-refractivity contribution is 7.84. The van der Waals surface area contributed by atoms with Crippen molar-refractivity contribution < 1.29 is 4.21 Å². The molecule has 3 nitrogen and oxygen atoms in total. The molecule has 0 aliphatic rings. The molecule has 1 N–H and O–H groups in total. The van der Waals surface area contributed by atoms with E-state index in [0.717, 1.165) is 17.7 Å². The third kappa shape index (κ3) is 4.58. The number of nitrogens with zero attached hydrogens (tertiary/aromatic N) is 1. The van der Waals surface area contributed by atoms with Crippen molar-refractivity contribution >= 4 is 16.5 Å². The van der Waals surface area contributed by atoms with Crippen molar-refractivity contribution in [2.75, 3.05) is 17.3 Å². The fourth-order valence-corrected chi connectivity index (χ4v) is 2.24. The average molecular weight is 250 g/mol.